The molecule has 1 aliphatic rings. The van der Waals surface area contributed by atoms with Crippen molar-refractivity contribution in [3.63, 3.8) is 0 Å². The molecule has 0 spiro atoms. The van der Waals surface area contributed by atoms with E-state index in [1.54, 1.807) is 0 Å². The molecule has 2 aromatic carbocycles. The lowest BCUT2D eigenvalue weighted by atomic mass is 9.90. The van der Waals surface area contributed by atoms with E-state index in [-0.39, 0.29) is 18.0 Å². The first kappa shape index (κ1) is 27.2. The van der Waals surface area contributed by atoms with Crippen LogP contribution in [0.15, 0.2) is 60.0 Å². The predicted molar refractivity (Wildman–Crippen MR) is 157 cm³/mol. The molecule has 0 bridgehead atoms. The molecule has 0 unspecified atom stereocenters. The third-order valence-electron chi connectivity index (χ3n) is 7.33. The highest BCUT2D eigenvalue weighted by molar-refractivity contribution is 7.12. The number of nitrogens with zero attached hydrogens (tertiary/aromatic N) is 3. The van der Waals surface area contributed by atoms with Crippen molar-refractivity contribution in [3.8, 4) is 11.1 Å². The van der Waals surface area contributed by atoms with Crippen LogP contribution in [0.25, 0.3) is 11.1 Å². The molecular formula is C30H41N5OS. The smallest absolute Gasteiger partial charge is 0.264 e. The van der Waals surface area contributed by atoms with Gasteiger partial charge in [0.2, 0.25) is 0 Å². The monoisotopic (exact) mass is 519 g/mol. The molecule has 1 saturated carbocycles. The van der Waals surface area contributed by atoms with Crippen LogP contribution in [0.5, 0.6) is 0 Å². The molecule has 4 rings (SSSR count). The van der Waals surface area contributed by atoms with Gasteiger partial charge in [-0.1, -0.05) is 30.3 Å². The van der Waals surface area contributed by atoms with Crippen LogP contribution < -0.4 is 16.4 Å². The SMILES string of the molecule is CN(C)CCCN(C)c1ccc(-c2cccc(CN(C(=O)c3cccs3)C3CCC(N)CC3)c2)cc1N. The molecule has 3 aromatic rings. The number of amides is 1. The second kappa shape index (κ2) is 12.6. The van der Waals surface area contributed by atoms with Crippen LogP contribution in [0.2, 0.25) is 0 Å². The fourth-order valence-electron chi connectivity index (χ4n) is 5.19. The summed E-state index contributed by atoms with van der Waals surface area (Å²) in [6.07, 6.45) is 4.93. The zero-order valence-electron chi connectivity index (χ0n) is 22.4. The van der Waals surface area contributed by atoms with Gasteiger partial charge in [0.05, 0.1) is 16.3 Å². The van der Waals surface area contributed by atoms with Crippen molar-refractivity contribution in [1.29, 1.82) is 0 Å². The Hall–Kier alpha value is -2.87. The average Bonchev–Trinajstić information content (AvgIpc) is 3.42. The number of hydrogen-bond acceptors (Lipinski definition) is 6. The van der Waals surface area contributed by atoms with Gasteiger partial charge in [-0.15, -0.1) is 11.3 Å². The molecule has 0 aliphatic heterocycles. The fourth-order valence-corrected chi connectivity index (χ4v) is 5.87. The van der Waals surface area contributed by atoms with Crippen molar-refractivity contribution in [3.05, 3.63) is 70.4 Å². The normalized spacial score (nSPS) is 17.6. The number of carbonyl (C=O) groups excluding carboxylic acids is 1. The van der Waals surface area contributed by atoms with Crippen LogP contribution >= 0.6 is 11.3 Å². The van der Waals surface area contributed by atoms with Gasteiger partial charge in [0.15, 0.2) is 0 Å². The maximum atomic E-state index is 13.5. The molecule has 37 heavy (non-hydrogen) atoms. The van der Waals surface area contributed by atoms with E-state index in [0.29, 0.717) is 6.54 Å². The molecule has 1 aliphatic carbocycles. The van der Waals surface area contributed by atoms with Crippen LogP contribution in [0.1, 0.15) is 47.3 Å². The number of thiophene rings is 1. The maximum absolute atomic E-state index is 13.5. The summed E-state index contributed by atoms with van der Waals surface area (Å²) in [7, 11) is 6.29. The number of hydrogen-bond donors (Lipinski definition) is 2. The van der Waals surface area contributed by atoms with E-state index in [0.717, 1.165) is 78.1 Å². The molecule has 1 aromatic heterocycles. The van der Waals surface area contributed by atoms with Gasteiger partial charge in [-0.05, 0) is 99.1 Å². The molecule has 1 amide bonds. The standard InChI is InChI=1S/C30H41N5OS/c1-33(2)16-6-17-34(3)28-15-10-24(20-27(28)32)23-8-4-7-22(19-23)21-35(26-13-11-25(31)12-14-26)30(36)29-9-5-18-37-29/h4-5,7-10,15,18-20,25-26H,6,11-14,16-17,21,31-32H2,1-3H3. The molecule has 1 heterocycles. The third kappa shape index (κ3) is 7.12. The first-order valence-electron chi connectivity index (χ1n) is 13.3. The number of nitrogens with two attached hydrogens (primary N) is 2. The Balaban J connectivity index is 1.51. The van der Waals surface area contributed by atoms with Crippen LogP contribution in [-0.4, -0.2) is 62.0 Å². The van der Waals surface area contributed by atoms with Crippen molar-refractivity contribution in [2.45, 2.75) is 50.7 Å². The fraction of sp³-hybridized carbons (Fsp3) is 0.433. The Morgan fingerprint density at radius 1 is 0.946 bits per heavy atom. The summed E-state index contributed by atoms with van der Waals surface area (Å²) in [6, 6.07) is 19.2. The van der Waals surface area contributed by atoms with E-state index in [2.05, 4.69) is 78.3 Å². The van der Waals surface area contributed by atoms with Crippen molar-refractivity contribution in [2.24, 2.45) is 5.73 Å². The van der Waals surface area contributed by atoms with Gasteiger partial charge in [-0.25, -0.2) is 0 Å². The Bertz CT molecular complexity index is 1150. The highest BCUT2D eigenvalue weighted by Crippen LogP contribution is 2.31. The summed E-state index contributed by atoms with van der Waals surface area (Å²) in [5, 5.41) is 1.97. The minimum atomic E-state index is 0.117. The largest absolute Gasteiger partial charge is 0.397 e. The minimum Gasteiger partial charge on any atom is -0.397 e. The Morgan fingerprint density at radius 2 is 1.70 bits per heavy atom. The van der Waals surface area contributed by atoms with Crippen molar-refractivity contribution >= 4 is 28.6 Å². The van der Waals surface area contributed by atoms with E-state index in [4.69, 9.17) is 11.5 Å². The van der Waals surface area contributed by atoms with Crippen LogP contribution in [0.4, 0.5) is 11.4 Å². The highest BCUT2D eigenvalue weighted by atomic mass is 32.1. The summed E-state index contributed by atoms with van der Waals surface area (Å²) in [5.41, 5.74) is 17.8. The average molecular weight is 520 g/mol. The van der Waals surface area contributed by atoms with Crippen molar-refractivity contribution in [2.75, 3.05) is 44.9 Å². The maximum Gasteiger partial charge on any atom is 0.264 e. The number of rotatable bonds is 10. The van der Waals surface area contributed by atoms with Crippen molar-refractivity contribution in [1.82, 2.24) is 9.80 Å². The van der Waals surface area contributed by atoms with Gasteiger partial charge in [-0.2, -0.15) is 0 Å². The van der Waals surface area contributed by atoms with Gasteiger partial charge in [-0.3, -0.25) is 4.79 Å². The van der Waals surface area contributed by atoms with Gasteiger partial charge in [0.25, 0.3) is 5.91 Å². The molecule has 6 nitrogen and oxygen atoms in total. The van der Waals surface area contributed by atoms with Crippen LogP contribution in [-0.2, 0) is 6.54 Å². The minimum absolute atomic E-state index is 0.117. The molecule has 0 radical (unpaired) electrons. The predicted octanol–water partition coefficient (Wildman–Crippen LogP) is 5.30. The lowest BCUT2D eigenvalue weighted by Crippen LogP contribution is -2.43. The molecule has 4 N–H and O–H groups in total. The van der Waals surface area contributed by atoms with Gasteiger partial charge < -0.3 is 26.2 Å². The molecule has 0 saturated heterocycles. The molecular weight excluding hydrogens is 478 g/mol. The number of benzene rings is 2. The highest BCUT2D eigenvalue weighted by Gasteiger charge is 2.29. The third-order valence-corrected chi connectivity index (χ3v) is 8.18. The molecule has 1 fully saturated rings. The first-order valence-corrected chi connectivity index (χ1v) is 14.1. The number of carbonyl (C=O) groups is 1. The van der Waals surface area contributed by atoms with Crippen LogP contribution in [0, 0.1) is 0 Å². The second-order valence-electron chi connectivity index (χ2n) is 10.5. The van der Waals surface area contributed by atoms with E-state index >= 15 is 0 Å². The summed E-state index contributed by atoms with van der Waals surface area (Å²) in [5.74, 6) is 0.117. The first-order chi connectivity index (χ1) is 17.8. The summed E-state index contributed by atoms with van der Waals surface area (Å²) >= 11 is 1.51. The zero-order valence-corrected chi connectivity index (χ0v) is 23.2. The molecule has 0 atom stereocenters. The number of anilines is 2. The van der Waals surface area contributed by atoms with Crippen LogP contribution in [0.3, 0.4) is 0 Å². The lowest BCUT2D eigenvalue weighted by Gasteiger charge is -2.36. The van der Waals surface area contributed by atoms with E-state index in [1.807, 2.05) is 17.5 Å². The van der Waals surface area contributed by atoms with Gasteiger partial charge >= 0.3 is 0 Å². The Labute approximate surface area is 225 Å². The lowest BCUT2D eigenvalue weighted by molar-refractivity contribution is 0.0611. The zero-order chi connectivity index (χ0) is 26.4. The van der Waals surface area contributed by atoms with E-state index < -0.39 is 0 Å². The Morgan fingerprint density at radius 3 is 2.38 bits per heavy atom. The quantitative estimate of drug-likeness (QED) is 0.356. The number of nitrogen functional groups attached to an aromatic ring is 1. The van der Waals surface area contributed by atoms with E-state index in [1.165, 1.54) is 11.3 Å². The molecule has 198 valence electrons. The second-order valence-corrected chi connectivity index (χ2v) is 11.5. The molecule has 7 heteroatoms. The van der Waals surface area contributed by atoms with Crippen molar-refractivity contribution < 1.29 is 4.79 Å². The summed E-state index contributed by atoms with van der Waals surface area (Å²) in [6.45, 7) is 2.60. The topological polar surface area (TPSA) is 78.8 Å². The Kier molecular flexibility index (Phi) is 9.24. The van der Waals surface area contributed by atoms with E-state index in [9.17, 15) is 4.79 Å². The van der Waals surface area contributed by atoms with Gasteiger partial charge in [0.1, 0.15) is 0 Å². The summed E-state index contributed by atoms with van der Waals surface area (Å²) < 4.78 is 0. The summed E-state index contributed by atoms with van der Waals surface area (Å²) in [4.78, 5) is 20.8. The van der Waals surface area contributed by atoms with Gasteiger partial charge in [0, 0.05) is 32.2 Å².